The Morgan fingerprint density at radius 1 is 1.06 bits per heavy atom. The second-order valence-corrected chi connectivity index (χ2v) is 4.69. The minimum absolute atomic E-state index is 0.458. The van der Waals surface area contributed by atoms with Crippen molar-refractivity contribution in [2.75, 3.05) is 0 Å². The lowest BCUT2D eigenvalue weighted by atomic mass is 10.00. The smallest absolute Gasteiger partial charge is 0.229 e. The predicted molar refractivity (Wildman–Crippen MR) is 64.4 cm³/mol. The van der Waals surface area contributed by atoms with Gasteiger partial charge in [0.25, 0.3) is 0 Å². The van der Waals surface area contributed by atoms with E-state index in [1.807, 2.05) is 0 Å². The van der Waals surface area contributed by atoms with Crippen LogP contribution in [0.15, 0.2) is 24.3 Å². The number of hydrogen-bond acceptors (Lipinski definition) is 5. The Morgan fingerprint density at radius 2 is 1.67 bits per heavy atom. The maximum absolute atomic E-state index is 9.76. The Hall–Kier alpha value is -0.850. The van der Waals surface area contributed by atoms with Crippen molar-refractivity contribution in [1.29, 1.82) is 0 Å². The van der Waals surface area contributed by atoms with E-state index in [2.05, 4.69) is 0 Å². The van der Waals surface area contributed by atoms with Gasteiger partial charge in [-0.3, -0.25) is 0 Å². The van der Waals surface area contributed by atoms with E-state index in [0.29, 0.717) is 10.8 Å². The van der Waals surface area contributed by atoms with E-state index in [1.54, 1.807) is 31.2 Å². The molecule has 1 aliphatic rings. The second-order valence-electron chi connectivity index (χ2n) is 4.25. The van der Waals surface area contributed by atoms with E-state index in [9.17, 15) is 15.3 Å². The first-order chi connectivity index (χ1) is 8.49. The SMILES string of the molecule is C[C@@H]1O[C@@H](Oc2ccc(Cl)cc2)[C@H](O)[C@H](O)[C@H]1O. The summed E-state index contributed by atoms with van der Waals surface area (Å²) in [6, 6.07) is 6.53. The zero-order valence-electron chi connectivity index (χ0n) is 9.73. The van der Waals surface area contributed by atoms with Crippen LogP contribution in [0.3, 0.4) is 0 Å². The van der Waals surface area contributed by atoms with E-state index in [-0.39, 0.29) is 0 Å². The van der Waals surface area contributed by atoms with Gasteiger partial charge in [-0.15, -0.1) is 0 Å². The highest BCUT2D eigenvalue weighted by atomic mass is 35.5. The third kappa shape index (κ3) is 2.76. The van der Waals surface area contributed by atoms with Crippen LogP contribution in [0.4, 0.5) is 0 Å². The first-order valence-electron chi connectivity index (χ1n) is 5.61. The monoisotopic (exact) mass is 274 g/mol. The Kier molecular flexibility index (Phi) is 4.09. The van der Waals surface area contributed by atoms with Crippen molar-refractivity contribution >= 4 is 11.6 Å². The van der Waals surface area contributed by atoms with Crippen LogP contribution in [-0.2, 0) is 4.74 Å². The maximum Gasteiger partial charge on any atom is 0.229 e. The highest BCUT2D eigenvalue weighted by molar-refractivity contribution is 6.30. The minimum Gasteiger partial charge on any atom is -0.462 e. The van der Waals surface area contributed by atoms with Gasteiger partial charge in [-0.1, -0.05) is 11.6 Å². The van der Waals surface area contributed by atoms with Crippen molar-refractivity contribution in [3.63, 3.8) is 0 Å². The molecule has 0 unspecified atom stereocenters. The molecule has 0 spiro atoms. The maximum atomic E-state index is 9.76. The van der Waals surface area contributed by atoms with Crippen molar-refractivity contribution in [2.45, 2.75) is 37.6 Å². The summed E-state index contributed by atoms with van der Waals surface area (Å²) >= 11 is 5.74. The molecule has 1 aliphatic heterocycles. The molecule has 0 saturated carbocycles. The summed E-state index contributed by atoms with van der Waals surface area (Å²) < 4.78 is 10.7. The fraction of sp³-hybridized carbons (Fsp3) is 0.500. The number of aliphatic hydroxyl groups excluding tert-OH is 3. The third-order valence-electron chi connectivity index (χ3n) is 2.87. The fourth-order valence-corrected chi connectivity index (χ4v) is 1.88. The van der Waals surface area contributed by atoms with Crippen LogP contribution in [-0.4, -0.2) is 46.0 Å². The lowest BCUT2D eigenvalue weighted by Gasteiger charge is -2.38. The number of benzene rings is 1. The molecule has 0 bridgehead atoms. The van der Waals surface area contributed by atoms with Gasteiger partial charge in [-0.2, -0.15) is 0 Å². The van der Waals surface area contributed by atoms with Gasteiger partial charge in [-0.05, 0) is 31.2 Å². The number of halogens is 1. The number of ether oxygens (including phenoxy) is 2. The predicted octanol–water partition coefficient (Wildman–Crippen LogP) is 0.546. The minimum atomic E-state index is -1.31. The number of hydrogen-bond donors (Lipinski definition) is 3. The molecular formula is C12H15ClO5. The molecule has 0 amide bonds. The lowest BCUT2D eigenvalue weighted by molar-refractivity contribution is -0.268. The summed E-state index contributed by atoms with van der Waals surface area (Å²) in [4.78, 5) is 0. The van der Waals surface area contributed by atoms with Crippen LogP contribution in [0.5, 0.6) is 5.75 Å². The Morgan fingerprint density at radius 3 is 2.28 bits per heavy atom. The molecular weight excluding hydrogens is 260 g/mol. The summed E-state index contributed by atoms with van der Waals surface area (Å²) in [5, 5.41) is 29.5. The highest BCUT2D eigenvalue weighted by Crippen LogP contribution is 2.24. The zero-order valence-corrected chi connectivity index (χ0v) is 10.5. The third-order valence-corrected chi connectivity index (χ3v) is 3.13. The lowest BCUT2D eigenvalue weighted by Crippen LogP contribution is -2.58. The molecule has 1 fully saturated rings. The van der Waals surface area contributed by atoms with Gasteiger partial charge < -0.3 is 24.8 Å². The van der Waals surface area contributed by atoms with E-state index in [4.69, 9.17) is 21.1 Å². The highest BCUT2D eigenvalue weighted by Gasteiger charge is 2.43. The average Bonchev–Trinajstić information content (AvgIpc) is 2.36. The van der Waals surface area contributed by atoms with Crippen LogP contribution in [0.1, 0.15) is 6.92 Å². The standard InChI is InChI=1S/C12H15ClO5/c1-6-9(14)10(15)11(16)12(17-6)18-8-4-2-7(13)3-5-8/h2-6,9-12,14-16H,1H3/t6-,9-,10+,11+,12-/m0/s1. The van der Waals surface area contributed by atoms with Gasteiger partial charge in [0.2, 0.25) is 6.29 Å². The quantitative estimate of drug-likeness (QED) is 0.734. The van der Waals surface area contributed by atoms with Crippen molar-refractivity contribution in [3.05, 3.63) is 29.3 Å². The van der Waals surface area contributed by atoms with Crippen LogP contribution in [0.25, 0.3) is 0 Å². The van der Waals surface area contributed by atoms with Crippen molar-refractivity contribution in [2.24, 2.45) is 0 Å². The van der Waals surface area contributed by atoms with E-state index < -0.39 is 30.7 Å². The molecule has 0 aliphatic carbocycles. The van der Waals surface area contributed by atoms with Crippen molar-refractivity contribution in [3.8, 4) is 5.75 Å². The number of aliphatic hydroxyl groups is 3. The molecule has 0 radical (unpaired) electrons. The van der Waals surface area contributed by atoms with Crippen LogP contribution in [0, 0.1) is 0 Å². The van der Waals surface area contributed by atoms with Gasteiger partial charge in [0.15, 0.2) is 0 Å². The molecule has 18 heavy (non-hydrogen) atoms. The largest absolute Gasteiger partial charge is 0.462 e. The van der Waals surface area contributed by atoms with Crippen LogP contribution < -0.4 is 4.74 Å². The molecule has 5 atom stereocenters. The second kappa shape index (κ2) is 5.42. The van der Waals surface area contributed by atoms with E-state index >= 15 is 0 Å². The van der Waals surface area contributed by atoms with Gasteiger partial charge in [0.05, 0.1) is 6.10 Å². The van der Waals surface area contributed by atoms with Gasteiger partial charge in [0.1, 0.15) is 24.1 Å². The normalized spacial score (nSPS) is 36.4. The summed E-state index contributed by atoms with van der Waals surface area (Å²) in [5.41, 5.74) is 0. The van der Waals surface area contributed by atoms with Gasteiger partial charge in [-0.25, -0.2) is 0 Å². The summed E-state index contributed by atoms with van der Waals surface area (Å²) in [5.74, 6) is 0.458. The molecule has 3 N–H and O–H groups in total. The molecule has 5 nitrogen and oxygen atoms in total. The van der Waals surface area contributed by atoms with Crippen molar-refractivity contribution in [1.82, 2.24) is 0 Å². The summed E-state index contributed by atoms with van der Waals surface area (Å²) in [6.45, 7) is 1.60. The first kappa shape index (κ1) is 13.6. The summed E-state index contributed by atoms with van der Waals surface area (Å²) in [7, 11) is 0. The number of rotatable bonds is 2. The molecule has 1 saturated heterocycles. The molecule has 6 heteroatoms. The Bertz CT molecular complexity index is 396. The van der Waals surface area contributed by atoms with Crippen molar-refractivity contribution < 1.29 is 24.8 Å². The molecule has 1 aromatic rings. The molecule has 0 aromatic heterocycles. The van der Waals surface area contributed by atoms with Crippen LogP contribution in [0.2, 0.25) is 5.02 Å². The van der Waals surface area contributed by atoms with E-state index in [1.165, 1.54) is 0 Å². The van der Waals surface area contributed by atoms with Crippen LogP contribution >= 0.6 is 11.6 Å². The molecule has 1 heterocycles. The Labute approximate surface area is 110 Å². The van der Waals surface area contributed by atoms with Gasteiger partial charge in [0, 0.05) is 5.02 Å². The molecule has 1 aromatic carbocycles. The van der Waals surface area contributed by atoms with Gasteiger partial charge >= 0.3 is 0 Å². The molecule has 2 rings (SSSR count). The molecule has 100 valence electrons. The average molecular weight is 275 g/mol. The fourth-order valence-electron chi connectivity index (χ4n) is 1.76. The first-order valence-corrected chi connectivity index (χ1v) is 5.98. The van der Waals surface area contributed by atoms with E-state index in [0.717, 1.165) is 0 Å². The summed E-state index contributed by atoms with van der Waals surface area (Å²) in [6.07, 6.45) is -5.40. The Balaban J connectivity index is 2.06. The zero-order chi connectivity index (χ0) is 13.3. The topological polar surface area (TPSA) is 79.2 Å².